The second kappa shape index (κ2) is 7.96. The summed E-state index contributed by atoms with van der Waals surface area (Å²) >= 11 is 5.28. The lowest BCUT2D eigenvalue weighted by atomic mass is 9.89. The summed E-state index contributed by atoms with van der Waals surface area (Å²) in [5.74, 6) is 0. The highest BCUT2D eigenvalue weighted by Gasteiger charge is 2.30. The second-order valence-corrected chi connectivity index (χ2v) is 7.93. The van der Waals surface area contributed by atoms with Crippen LogP contribution in [0.5, 0.6) is 0 Å². The highest BCUT2D eigenvalue weighted by Crippen LogP contribution is 2.28. The van der Waals surface area contributed by atoms with E-state index in [1.165, 1.54) is 15.1 Å². The molecule has 1 aliphatic heterocycles. The fraction of sp³-hybridized carbons (Fsp3) is 0.692. The van der Waals surface area contributed by atoms with E-state index in [0.29, 0.717) is 5.41 Å². The first-order valence-corrected chi connectivity index (χ1v) is 8.00. The van der Waals surface area contributed by atoms with Gasteiger partial charge in [0.05, 0.1) is 10.4 Å². The largest absolute Gasteiger partial charge is 0.395 e. The van der Waals surface area contributed by atoms with Crippen molar-refractivity contribution in [2.45, 2.75) is 19.9 Å². The van der Waals surface area contributed by atoms with Gasteiger partial charge in [0.25, 0.3) is 0 Å². The van der Waals surface area contributed by atoms with E-state index in [1.54, 1.807) is 11.3 Å². The van der Waals surface area contributed by atoms with Crippen molar-refractivity contribution in [1.29, 1.82) is 0 Å². The smallest absolute Gasteiger partial charge is 0.0701 e. The minimum absolute atomic E-state index is 0. The number of hydrogen-bond acceptors (Lipinski definition) is 4. The lowest BCUT2D eigenvalue weighted by molar-refractivity contribution is 0.138. The molecule has 2 rings (SSSR count). The standard InChI is InChI=1S/C13H21BrN2OS.ClH/c1-13(4-5-15-9-13)10-16(6-7-17)8-11-2-3-12(14)18-11;/h2-3,15,17H,4-10H2,1H3;1H. The van der Waals surface area contributed by atoms with Crippen molar-refractivity contribution in [1.82, 2.24) is 10.2 Å². The van der Waals surface area contributed by atoms with Crippen LogP contribution in [0.2, 0.25) is 0 Å². The van der Waals surface area contributed by atoms with Crippen molar-refractivity contribution in [2.75, 3.05) is 32.8 Å². The normalized spacial score (nSPS) is 22.7. The molecule has 1 atom stereocenters. The van der Waals surface area contributed by atoms with Gasteiger partial charge in [0.15, 0.2) is 0 Å². The molecule has 0 spiro atoms. The number of halogens is 2. The zero-order chi connectivity index (χ0) is 13.0. The van der Waals surface area contributed by atoms with Gasteiger partial charge in [0, 0.05) is 31.1 Å². The van der Waals surface area contributed by atoms with Crippen LogP contribution in [0.25, 0.3) is 0 Å². The van der Waals surface area contributed by atoms with E-state index >= 15 is 0 Å². The van der Waals surface area contributed by atoms with Crippen molar-refractivity contribution in [3.05, 3.63) is 20.8 Å². The summed E-state index contributed by atoms with van der Waals surface area (Å²) < 4.78 is 1.18. The SMILES string of the molecule is CC1(CN(CCO)Cc2ccc(Br)s2)CCNC1.Cl. The van der Waals surface area contributed by atoms with E-state index in [4.69, 9.17) is 0 Å². The van der Waals surface area contributed by atoms with Gasteiger partial charge < -0.3 is 10.4 Å². The van der Waals surface area contributed by atoms with Crippen LogP contribution in [-0.4, -0.2) is 42.8 Å². The first kappa shape index (κ1) is 17.4. The van der Waals surface area contributed by atoms with Gasteiger partial charge in [-0.2, -0.15) is 0 Å². The molecule has 2 N–H and O–H groups in total. The first-order valence-electron chi connectivity index (χ1n) is 6.39. The average molecular weight is 370 g/mol. The van der Waals surface area contributed by atoms with E-state index in [0.717, 1.165) is 32.7 Å². The number of hydrogen-bond donors (Lipinski definition) is 2. The highest BCUT2D eigenvalue weighted by molar-refractivity contribution is 9.11. The number of nitrogens with zero attached hydrogens (tertiary/aromatic N) is 1. The lowest BCUT2D eigenvalue weighted by Crippen LogP contribution is -2.38. The number of thiophene rings is 1. The van der Waals surface area contributed by atoms with Gasteiger partial charge in [-0.05, 0) is 46.4 Å². The van der Waals surface area contributed by atoms with Crippen molar-refractivity contribution >= 4 is 39.7 Å². The molecule has 1 aliphatic rings. The molecule has 19 heavy (non-hydrogen) atoms. The van der Waals surface area contributed by atoms with Crippen molar-refractivity contribution in [3.8, 4) is 0 Å². The Morgan fingerprint density at radius 1 is 1.53 bits per heavy atom. The Morgan fingerprint density at radius 2 is 2.32 bits per heavy atom. The molecule has 0 aromatic carbocycles. The van der Waals surface area contributed by atoms with Crippen LogP contribution in [0, 0.1) is 5.41 Å². The summed E-state index contributed by atoms with van der Waals surface area (Å²) in [5, 5.41) is 12.6. The molecule has 3 nitrogen and oxygen atoms in total. The highest BCUT2D eigenvalue weighted by atomic mass is 79.9. The minimum atomic E-state index is 0. The van der Waals surface area contributed by atoms with Crippen LogP contribution >= 0.6 is 39.7 Å². The van der Waals surface area contributed by atoms with E-state index in [9.17, 15) is 5.11 Å². The molecule has 0 aliphatic carbocycles. The van der Waals surface area contributed by atoms with E-state index in [2.05, 4.69) is 45.2 Å². The van der Waals surface area contributed by atoms with Gasteiger partial charge in [-0.15, -0.1) is 23.7 Å². The van der Waals surface area contributed by atoms with Gasteiger partial charge in [-0.25, -0.2) is 0 Å². The van der Waals surface area contributed by atoms with Crippen LogP contribution in [0.15, 0.2) is 15.9 Å². The molecule has 0 bridgehead atoms. The Balaban J connectivity index is 0.00000180. The summed E-state index contributed by atoms with van der Waals surface area (Å²) in [6.45, 7) is 7.52. The van der Waals surface area contributed by atoms with Gasteiger partial charge in [0.1, 0.15) is 0 Å². The third kappa shape index (κ3) is 5.33. The maximum Gasteiger partial charge on any atom is 0.0701 e. The van der Waals surface area contributed by atoms with Gasteiger partial charge >= 0.3 is 0 Å². The Hall–Kier alpha value is 0.350. The summed E-state index contributed by atoms with van der Waals surface area (Å²) in [4.78, 5) is 3.72. The van der Waals surface area contributed by atoms with Gasteiger partial charge in [0.2, 0.25) is 0 Å². The minimum Gasteiger partial charge on any atom is -0.395 e. The third-order valence-corrected chi connectivity index (χ3v) is 5.10. The van der Waals surface area contributed by atoms with Crippen LogP contribution in [0.4, 0.5) is 0 Å². The number of nitrogens with one attached hydrogen (secondary N) is 1. The molecule has 0 saturated carbocycles. The maximum absolute atomic E-state index is 9.21. The summed E-state index contributed by atoms with van der Waals surface area (Å²) in [5.41, 5.74) is 0.351. The van der Waals surface area contributed by atoms with Crippen LogP contribution in [0.1, 0.15) is 18.2 Å². The quantitative estimate of drug-likeness (QED) is 0.809. The molecular formula is C13H22BrClN2OS. The molecule has 1 fully saturated rings. The van der Waals surface area contributed by atoms with Gasteiger partial charge in [-0.3, -0.25) is 4.90 Å². The van der Waals surface area contributed by atoms with Crippen LogP contribution in [0.3, 0.4) is 0 Å². The van der Waals surface area contributed by atoms with E-state index in [-0.39, 0.29) is 19.0 Å². The summed E-state index contributed by atoms with van der Waals surface area (Å²) in [6.07, 6.45) is 1.23. The fourth-order valence-electron chi connectivity index (χ4n) is 2.56. The van der Waals surface area contributed by atoms with Crippen molar-refractivity contribution in [2.24, 2.45) is 5.41 Å². The Kier molecular flexibility index (Phi) is 7.29. The lowest BCUT2D eigenvalue weighted by Gasteiger charge is -2.31. The molecule has 1 saturated heterocycles. The monoisotopic (exact) mass is 368 g/mol. The first-order chi connectivity index (χ1) is 8.61. The molecule has 110 valence electrons. The summed E-state index contributed by atoms with van der Waals surface area (Å²) in [6, 6.07) is 4.25. The molecule has 6 heteroatoms. The molecule has 1 unspecified atom stereocenters. The van der Waals surface area contributed by atoms with Crippen molar-refractivity contribution in [3.63, 3.8) is 0 Å². The summed E-state index contributed by atoms with van der Waals surface area (Å²) in [7, 11) is 0. The molecule has 0 radical (unpaired) electrons. The third-order valence-electron chi connectivity index (χ3n) is 3.49. The average Bonchev–Trinajstić information content (AvgIpc) is 2.89. The zero-order valence-electron chi connectivity index (χ0n) is 11.2. The van der Waals surface area contributed by atoms with Crippen LogP contribution in [-0.2, 0) is 6.54 Å². The van der Waals surface area contributed by atoms with E-state index in [1.807, 2.05) is 0 Å². The number of aliphatic hydroxyl groups excluding tert-OH is 1. The molecule has 2 heterocycles. The molecule has 1 aromatic heterocycles. The van der Waals surface area contributed by atoms with Crippen molar-refractivity contribution < 1.29 is 5.11 Å². The Bertz CT molecular complexity index is 382. The van der Waals surface area contributed by atoms with Crippen LogP contribution < -0.4 is 5.32 Å². The predicted molar refractivity (Wildman–Crippen MR) is 87.2 cm³/mol. The molecule has 0 amide bonds. The zero-order valence-corrected chi connectivity index (χ0v) is 14.4. The Labute approximate surface area is 133 Å². The topological polar surface area (TPSA) is 35.5 Å². The number of aliphatic hydroxyl groups is 1. The van der Waals surface area contributed by atoms with E-state index < -0.39 is 0 Å². The maximum atomic E-state index is 9.21. The fourth-order valence-corrected chi connectivity index (χ4v) is 4.08. The predicted octanol–water partition coefficient (Wildman–Crippen LogP) is 2.73. The Morgan fingerprint density at radius 3 is 2.84 bits per heavy atom. The number of rotatable bonds is 6. The van der Waals surface area contributed by atoms with Gasteiger partial charge in [-0.1, -0.05) is 6.92 Å². The second-order valence-electron chi connectivity index (χ2n) is 5.38. The molecular weight excluding hydrogens is 348 g/mol. The molecule has 1 aromatic rings.